The average Bonchev–Trinajstić information content (AvgIpc) is 2.01. The van der Waals surface area contributed by atoms with E-state index in [1.807, 2.05) is 0 Å². The Morgan fingerprint density at radius 2 is 1.55 bits per heavy atom. The summed E-state index contributed by atoms with van der Waals surface area (Å²) < 4.78 is 11.5. The Hall–Kier alpha value is 0.110. The van der Waals surface area contributed by atoms with Gasteiger partial charge in [-0.05, 0) is 0 Å². The summed E-state index contributed by atoms with van der Waals surface area (Å²) >= 11 is 0. The minimum Gasteiger partial charge on any atom is -0.344 e. The molecule has 0 saturated heterocycles. The Labute approximate surface area is 67.4 Å². The molecule has 2 unspecified atom stereocenters. The smallest absolute Gasteiger partial charge is 0.208 e. The lowest BCUT2D eigenvalue weighted by Gasteiger charge is -2.22. The summed E-state index contributed by atoms with van der Waals surface area (Å²) in [5.74, 6) is 0. The molecule has 5 heteroatoms. The topological polar surface area (TPSA) is 89.3 Å². The predicted molar refractivity (Wildman–Crippen MR) is 46.9 cm³/mol. The zero-order chi connectivity index (χ0) is 9.07. The highest BCUT2D eigenvalue weighted by Gasteiger charge is 2.31. The molecule has 4 nitrogen and oxygen atoms in total. The van der Waals surface area contributed by atoms with Crippen LogP contribution in [0.5, 0.6) is 0 Å². The number of hydrogen-bond donors (Lipinski definition) is 3. The second-order valence-electron chi connectivity index (χ2n) is 2.84. The van der Waals surface area contributed by atoms with Gasteiger partial charge in [-0.2, -0.15) is 0 Å². The van der Waals surface area contributed by atoms with Gasteiger partial charge in [0.15, 0.2) is 0 Å². The van der Waals surface area contributed by atoms with Gasteiger partial charge in [-0.25, -0.2) is 0 Å². The molecule has 0 heterocycles. The van der Waals surface area contributed by atoms with Crippen molar-refractivity contribution in [3.8, 4) is 0 Å². The van der Waals surface area contributed by atoms with E-state index in [2.05, 4.69) is 0 Å². The maximum Gasteiger partial charge on any atom is 0.208 e. The standard InChI is InChI=1S/C6H17N2O2P/c1-5(3-7)11(9,10)6(2)4-8/h5-6H,3-4,7-8H2,1-2H3,(H,9,10). The van der Waals surface area contributed by atoms with Gasteiger partial charge in [0, 0.05) is 24.4 Å². The van der Waals surface area contributed by atoms with Crippen molar-refractivity contribution in [1.82, 2.24) is 0 Å². The molecule has 2 atom stereocenters. The maximum absolute atomic E-state index is 11.5. The molecule has 5 N–H and O–H groups in total. The van der Waals surface area contributed by atoms with Crippen LogP contribution in [0.1, 0.15) is 13.8 Å². The summed E-state index contributed by atoms with van der Waals surface area (Å²) in [7, 11) is -3.12. The lowest BCUT2D eigenvalue weighted by atomic mass is 10.5. The number of hydrogen-bond acceptors (Lipinski definition) is 3. The third-order valence-corrected chi connectivity index (χ3v) is 4.89. The van der Waals surface area contributed by atoms with E-state index in [4.69, 9.17) is 11.5 Å². The van der Waals surface area contributed by atoms with Gasteiger partial charge in [-0.1, -0.05) is 13.8 Å². The molecule has 0 rings (SSSR count). The SMILES string of the molecule is CC(CN)P(=O)(O)C(C)CN. The second-order valence-corrected chi connectivity index (χ2v) is 5.95. The Balaban J connectivity index is 4.32. The van der Waals surface area contributed by atoms with E-state index in [0.717, 1.165) is 0 Å². The van der Waals surface area contributed by atoms with Gasteiger partial charge in [0.1, 0.15) is 0 Å². The first kappa shape index (κ1) is 11.1. The van der Waals surface area contributed by atoms with Gasteiger partial charge >= 0.3 is 0 Å². The van der Waals surface area contributed by atoms with E-state index < -0.39 is 7.37 Å². The van der Waals surface area contributed by atoms with E-state index in [1.165, 1.54) is 0 Å². The summed E-state index contributed by atoms with van der Waals surface area (Å²) in [4.78, 5) is 9.45. The molecule has 0 fully saturated rings. The molecule has 0 saturated carbocycles. The van der Waals surface area contributed by atoms with Gasteiger partial charge in [0.2, 0.25) is 7.37 Å². The Morgan fingerprint density at radius 3 is 1.73 bits per heavy atom. The van der Waals surface area contributed by atoms with E-state index in [-0.39, 0.29) is 24.4 Å². The predicted octanol–water partition coefficient (Wildman–Crippen LogP) is -0.0488. The normalized spacial score (nSPS) is 22.3. The largest absolute Gasteiger partial charge is 0.344 e. The van der Waals surface area contributed by atoms with Crippen molar-refractivity contribution in [3.05, 3.63) is 0 Å². The first-order valence-corrected chi connectivity index (χ1v) is 5.48. The molecular formula is C6H17N2O2P. The highest BCUT2D eigenvalue weighted by atomic mass is 31.2. The molecule has 0 aliphatic carbocycles. The van der Waals surface area contributed by atoms with Crippen LogP contribution in [0.15, 0.2) is 0 Å². The first-order valence-electron chi connectivity index (χ1n) is 3.69. The zero-order valence-electron chi connectivity index (χ0n) is 7.03. The van der Waals surface area contributed by atoms with Crippen LogP contribution < -0.4 is 11.5 Å². The Bertz CT molecular complexity index is 149. The van der Waals surface area contributed by atoms with Gasteiger partial charge in [0.05, 0.1) is 0 Å². The summed E-state index contributed by atoms with van der Waals surface area (Å²) in [5, 5.41) is 0. The number of nitrogens with two attached hydrogens (primary N) is 2. The van der Waals surface area contributed by atoms with E-state index in [1.54, 1.807) is 13.8 Å². The van der Waals surface area contributed by atoms with Crippen molar-refractivity contribution in [2.24, 2.45) is 11.5 Å². The van der Waals surface area contributed by atoms with Gasteiger partial charge < -0.3 is 16.4 Å². The molecule has 0 aromatic carbocycles. The third kappa shape index (κ3) is 2.56. The van der Waals surface area contributed by atoms with Crippen molar-refractivity contribution in [2.45, 2.75) is 25.2 Å². The fraction of sp³-hybridized carbons (Fsp3) is 1.00. The zero-order valence-corrected chi connectivity index (χ0v) is 7.92. The lowest BCUT2D eigenvalue weighted by Crippen LogP contribution is -2.26. The maximum atomic E-state index is 11.5. The highest BCUT2D eigenvalue weighted by molar-refractivity contribution is 7.59. The molecule has 11 heavy (non-hydrogen) atoms. The van der Waals surface area contributed by atoms with E-state index in [0.29, 0.717) is 0 Å². The van der Waals surface area contributed by atoms with E-state index in [9.17, 15) is 9.46 Å². The Morgan fingerprint density at radius 1 is 1.27 bits per heavy atom. The van der Waals surface area contributed by atoms with E-state index >= 15 is 0 Å². The summed E-state index contributed by atoms with van der Waals surface area (Å²) in [6, 6.07) is 0. The fourth-order valence-corrected chi connectivity index (χ4v) is 2.21. The molecule has 0 aromatic heterocycles. The van der Waals surface area contributed by atoms with Gasteiger partial charge in [-0.15, -0.1) is 0 Å². The van der Waals surface area contributed by atoms with Gasteiger partial charge in [0.25, 0.3) is 0 Å². The minimum absolute atomic E-state index is 0.234. The van der Waals surface area contributed by atoms with Crippen LogP contribution in [-0.2, 0) is 4.57 Å². The molecule has 0 amide bonds. The molecule has 0 spiro atoms. The van der Waals surface area contributed by atoms with Crippen molar-refractivity contribution >= 4 is 7.37 Å². The molecule has 0 aliphatic rings. The average molecular weight is 180 g/mol. The molecule has 0 radical (unpaired) electrons. The van der Waals surface area contributed by atoms with Crippen LogP contribution in [0.25, 0.3) is 0 Å². The molecule has 68 valence electrons. The fourth-order valence-electron chi connectivity index (χ4n) is 0.736. The third-order valence-electron chi connectivity index (χ3n) is 1.95. The minimum atomic E-state index is -3.12. The monoisotopic (exact) mass is 180 g/mol. The number of rotatable bonds is 4. The van der Waals surface area contributed by atoms with Crippen LogP contribution in [0.3, 0.4) is 0 Å². The highest BCUT2D eigenvalue weighted by Crippen LogP contribution is 2.49. The Kier molecular flexibility index (Phi) is 4.26. The van der Waals surface area contributed by atoms with Crippen LogP contribution in [0.4, 0.5) is 0 Å². The van der Waals surface area contributed by atoms with Crippen LogP contribution in [-0.4, -0.2) is 29.3 Å². The molecular weight excluding hydrogens is 163 g/mol. The van der Waals surface area contributed by atoms with Crippen LogP contribution in [0.2, 0.25) is 0 Å². The van der Waals surface area contributed by atoms with Crippen molar-refractivity contribution < 1.29 is 9.46 Å². The quantitative estimate of drug-likeness (QED) is 0.529. The first-order chi connectivity index (χ1) is 4.96. The van der Waals surface area contributed by atoms with Crippen molar-refractivity contribution in [2.75, 3.05) is 13.1 Å². The van der Waals surface area contributed by atoms with Crippen molar-refractivity contribution in [3.63, 3.8) is 0 Å². The van der Waals surface area contributed by atoms with Crippen LogP contribution >= 0.6 is 7.37 Å². The summed E-state index contributed by atoms with van der Waals surface area (Å²) in [6.07, 6.45) is 0. The van der Waals surface area contributed by atoms with Crippen LogP contribution in [0, 0.1) is 0 Å². The lowest BCUT2D eigenvalue weighted by molar-refractivity contribution is 0.454. The molecule has 0 aromatic rings. The molecule has 0 aliphatic heterocycles. The summed E-state index contributed by atoms with van der Waals surface area (Å²) in [6.45, 7) is 3.82. The summed E-state index contributed by atoms with van der Waals surface area (Å²) in [5.41, 5.74) is 9.86. The van der Waals surface area contributed by atoms with Crippen molar-refractivity contribution in [1.29, 1.82) is 0 Å². The van der Waals surface area contributed by atoms with Gasteiger partial charge in [-0.3, -0.25) is 4.57 Å². The molecule has 0 bridgehead atoms. The second kappa shape index (κ2) is 4.21.